The zero-order valence-corrected chi connectivity index (χ0v) is 17.2. The average molecular weight is 437 g/mol. The maximum Gasteiger partial charge on any atom is 0.310 e. The van der Waals surface area contributed by atoms with Crippen molar-refractivity contribution in [2.24, 2.45) is 28.7 Å². The SMILES string of the molecule is CN=C(NCC1CCC(C)CC1)N1CC(C)C(C(=O)OC)C1.I. The maximum atomic E-state index is 11.8. The highest BCUT2D eigenvalue weighted by Gasteiger charge is 2.37. The highest BCUT2D eigenvalue weighted by atomic mass is 127. The number of hydrogen-bond acceptors (Lipinski definition) is 3. The number of ether oxygens (including phenoxy) is 1. The van der Waals surface area contributed by atoms with E-state index in [1.807, 2.05) is 7.05 Å². The van der Waals surface area contributed by atoms with Crippen molar-refractivity contribution in [1.82, 2.24) is 10.2 Å². The van der Waals surface area contributed by atoms with Gasteiger partial charge in [0.2, 0.25) is 0 Å². The van der Waals surface area contributed by atoms with Crippen LogP contribution in [0.5, 0.6) is 0 Å². The van der Waals surface area contributed by atoms with E-state index in [1.54, 1.807) is 0 Å². The van der Waals surface area contributed by atoms with Crippen molar-refractivity contribution in [2.45, 2.75) is 39.5 Å². The molecule has 134 valence electrons. The minimum atomic E-state index is -0.105. The van der Waals surface area contributed by atoms with E-state index in [1.165, 1.54) is 32.8 Å². The number of carbonyl (C=O) groups excluding carboxylic acids is 1. The quantitative estimate of drug-likeness (QED) is 0.319. The molecule has 0 aromatic heterocycles. The number of guanidine groups is 1. The molecule has 2 aliphatic rings. The largest absolute Gasteiger partial charge is 0.469 e. The number of rotatable bonds is 3. The van der Waals surface area contributed by atoms with Gasteiger partial charge in [0, 0.05) is 26.7 Å². The standard InChI is InChI=1S/C17H31N3O2.HI/c1-12-5-7-14(8-6-12)9-19-17(18-3)20-10-13(2)15(11-20)16(21)22-4;/h12-15H,5-11H2,1-4H3,(H,18,19);1H. The predicted octanol–water partition coefficient (Wildman–Crippen LogP) is 2.75. The molecular formula is C17H32IN3O2. The predicted molar refractivity (Wildman–Crippen MR) is 104 cm³/mol. The summed E-state index contributed by atoms with van der Waals surface area (Å²) in [5.74, 6) is 2.73. The summed E-state index contributed by atoms with van der Waals surface area (Å²) in [5.41, 5.74) is 0. The van der Waals surface area contributed by atoms with Crippen molar-refractivity contribution in [1.29, 1.82) is 0 Å². The van der Waals surface area contributed by atoms with Crippen LogP contribution in [0.25, 0.3) is 0 Å². The van der Waals surface area contributed by atoms with E-state index < -0.39 is 0 Å². The van der Waals surface area contributed by atoms with E-state index in [0.717, 1.165) is 30.9 Å². The van der Waals surface area contributed by atoms with E-state index in [2.05, 4.69) is 29.1 Å². The van der Waals surface area contributed by atoms with Gasteiger partial charge < -0.3 is 15.0 Å². The smallest absolute Gasteiger partial charge is 0.310 e. The Hall–Kier alpha value is -0.530. The third-order valence-corrected chi connectivity index (χ3v) is 5.31. The summed E-state index contributed by atoms with van der Waals surface area (Å²) in [7, 11) is 3.29. The number of nitrogens with zero attached hydrogens (tertiary/aromatic N) is 2. The topological polar surface area (TPSA) is 53.9 Å². The van der Waals surface area contributed by atoms with Gasteiger partial charge in [0.25, 0.3) is 0 Å². The molecule has 1 saturated heterocycles. The van der Waals surface area contributed by atoms with Gasteiger partial charge in [0.1, 0.15) is 0 Å². The molecule has 1 aliphatic heterocycles. The lowest BCUT2D eigenvalue weighted by Crippen LogP contribution is -2.42. The molecule has 5 nitrogen and oxygen atoms in total. The normalized spacial score (nSPS) is 31.5. The summed E-state index contributed by atoms with van der Waals surface area (Å²) in [5, 5.41) is 3.52. The number of hydrogen-bond donors (Lipinski definition) is 1. The van der Waals surface area contributed by atoms with Crippen LogP contribution in [0.4, 0.5) is 0 Å². The molecule has 0 aromatic rings. The second kappa shape index (κ2) is 9.69. The second-order valence-corrected chi connectivity index (χ2v) is 7.07. The molecule has 0 bridgehead atoms. The fourth-order valence-corrected chi connectivity index (χ4v) is 3.70. The molecule has 6 heteroatoms. The summed E-state index contributed by atoms with van der Waals surface area (Å²) in [6, 6.07) is 0. The van der Waals surface area contributed by atoms with Gasteiger partial charge in [0.15, 0.2) is 5.96 Å². The van der Waals surface area contributed by atoms with Gasteiger partial charge in [-0.25, -0.2) is 0 Å². The zero-order chi connectivity index (χ0) is 16.1. The van der Waals surface area contributed by atoms with Crippen LogP contribution in [0, 0.1) is 23.7 Å². The van der Waals surface area contributed by atoms with Crippen molar-refractivity contribution >= 4 is 35.9 Å². The van der Waals surface area contributed by atoms with Gasteiger partial charge >= 0.3 is 5.97 Å². The number of likely N-dealkylation sites (tertiary alicyclic amines) is 1. The molecule has 1 N–H and O–H groups in total. The van der Waals surface area contributed by atoms with Crippen molar-refractivity contribution < 1.29 is 9.53 Å². The van der Waals surface area contributed by atoms with E-state index >= 15 is 0 Å². The van der Waals surface area contributed by atoms with Crippen LogP contribution >= 0.6 is 24.0 Å². The van der Waals surface area contributed by atoms with Gasteiger partial charge in [-0.2, -0.15) is 0 Å². The Morgan fingerprint density at radius 1 is 1.22 bits per heavy atom. The molecule has 1 saturated carbocycles. The number of nitrogens with one attached hydrogen (secondary N) is 1. The lowest BCUT2D eigenvalue weighted by molar-refractivity contribution is -0.145. The van der Waals surface area contributed by atoms with Crippen LogP contribution in [-0.2, 0) is 9.53 Å². The fourth-order valence-electron chi connectivity index (χ4n) is 3.70. The maximum absolute atomic E-state index is 11.8. The number of halogens is 1. The van der Waals surface area contributed by atoms with E-state index in [4.69, 9.17) is 4.74 Å². The Labute approximate surface area is 157 Å². The van der Waals surface area contributed by atoms with E-state index in [9.17, 15) is 4.79 Å². The summed E-state index contributed by atoms with van der Waals surface area (Å²) < 4.78 is 4.91. The van der Waals surface area contributed by atoms with Crippen LogP contribution in [0.15, 0.2) is 4.99 Å². The van der Waals surface area contributed by atoms with E-state index in [-0.39, 0.29) is 35.9 Å². The highest BCUT2D eigenvalue weighted by molar-refractivity contribution is 14.0. The first-order valence-corrected chi connectivity index (χ1v) is 8.58. The highest BCUT2D eigenvalue weighted by Crippen LogP contribution is 2.28. The molecule has 0 aromatic carbocycles. The molecule has 1 heterocycles. The third-order valence-electron chi connectivity index (χ3n) is 5.31. The first-order valence-electron chi connectivity index (χ1n) is 8.58. The second-order valence-electron chi connectivity index (χ2n) is 7.07. The molecule has 0 spiro atoms. The Morgan fingerprint density at radius 3 is 2.43 bits per heavy atom. The first kappa shape index (κ1) is 20.5. The average Bonchev–Trinajstić information content (AvgIpc) is 2.91. The molecule has 1 aliphatic carbocycles. The molecule has 2 rings (SSSR count). The Bertz CT molecular complexity index is 409. The van der Waals surface area contributed by atoms with Crippen molar-refractivity contribution in [3.8, 4) is 0 Å². The van der Waals surface area contributed by atoms with E-state index in [0.29, 0.717) is 12.5 Å². The number of aliphatic imine (C=N–C) groups is 1. The number of esters is 1. The first-order chi connectivity index (χ1) is 10.5. The molecule has 2 fully saturated rings. The fraction of sp³-hybridized carbons (Fsp3) is 0.882. The van der Waals surface area contributed by atoms with Crippen molar-refractivity contribution in [3.63, 3.8) is 0 Å². The van der Waals surface area contributed by atoms with Crippen molar-refractivity contribution in [2.75, 3.05) is 33.8 Å². The molecule has 23 heavy (non-hydrogen) atoms. The van der Waals surface area contributed by atoms with Crippen LogP contribution in [0.1, 0.15) is 39.5 Å². The van der Waals surface area contributed by atoms with Crippen LogP contribution in [0.3, 0.4) is 0 Å². The lowest BCUT2D eigenvalue weighted by Gasteiger charge is -2.28. The molecule has 2 unspecified atom stereocenters. The summed E-state index contributed by atoms with van der Waals surface area (Å²) in [6.45, 7) is 7.02. The summed E-state index contributed by atoms with van der Waals surface area (Å²) in [6.07, 6.45) is 5.31. The van der Waals surface area contributed by atoms with Crippen LogP contribution in [-0.4, -0.2) is 50.6 Å². The Balaban J connectivity index is 0.00000264. The zero-order valence-electron chi connectivity index (χ0n) is 14.9. The van der Waals surface area contributed by atoms with Gasteiger partial charge in [-0.3, -0.25) is 9.79 Å². The number of methoxy groups -OCH3 is 1. The van der Waals surface area contributed by atoms with Gasteiger partial charge in [-0.1, -0.05) is 26.7 Å². The van der Waals surface area contributed by atoms with Gasteiger partial charge in [-0.15, -0.1) is 24.0 Å². The minimum absolute atomic E-state index is 0. The van der Waals surface area contributed by atoms with Gasteiger partial charge in [-0.05, 0) is 30.6 Å². The Kier molecular flexibility index (Phi) is 8.64. The molecule has 0 amide bonds. The van der Waals surface area contributed by atoms with Gasteiger partial charge in [0.05, 0.1) is 13.0 Å². The van der Waals surface area contributed by atoms with Crippen molar-refractivity contribution in [3.05, 3.63) is 0 Å². The summed E-state index contributed by atoms with van der Waals surface area (Å²) >= 11 is 0. The molecule has 2 atom stereocenters. The minimum Gasteiger partial charge on any atom is -0.469 e. The monoisotopic (exact) mass is 437 g/mol. The third kappa shape index (κ3) is 5.50. The summed E-state index contributed by atoms with van der Waals surface area (Å²) in [4.78, 5) is 18.4. The lowest BCUT2D eigenvalue weighted by atomic mass is 9.83. The molecule has 0 radical (unpaired) electrons. The van der Waals surface area contributed by atoms with Crippen LogP contribution < -0.4 is 5.32 Å². The number of carbonyl (C=O) groups is 1. The molecular weight excluding hydrogens is 405 g/mol. The Morgan fingerprint density at radius 2 is 1.87 bits per heavy atom. The van der Waals surface area contributed by atoms with Crippen LogP contribution in [0.2, 0.25) is 0 Å².